The number of carbonyl (C=O) groups excluding carboxylic acids is 4. The van der Waals surface area contributed by atoms with Crippen LogP contribution in [0.15, 0.2) is 73.2 Å². The molecular formula is C27H32N6O4. The lowest BCUT2D eigenvalue weighted by Crippen LogP contribution is -2.57. The molecule has 3 atom stereocenters. The van der Waals surface area contributed by atoms with Crippen molar-refractivity contribution < 1.29 is 19.2 Å². The SMILES string of the molecule is CC(=O)N[C@@H](Cc1ccccc1)C(=O)N[C@@H](Cc1ccccc1)C(=O)N[C@@H](Cc1cnc[nH]1)C(=O)CN. The lowest BCUT2D eigenvalue weighted by molar-refractivity contribution is -0.133. The van der Waals surface area contributed by atoms with Gasteiger partial charge in [0.15, 0.2) is 5.78 Å². The number of aromatic amines is 1. The molecule has 0 aliphatic carbocycles. The summed E-state index contributed by atoms with van der Waals surface area (Å²) in [5.41, 5.74) is 7.91. The number of rotatable bonds is 13. The number of H-pyrrole nitrogens is 1. The molecule has 0 bridgehead atoms. The van der Waals surface area contributed by atoms with Crippen LogP contribution in [0.25, 0.3) is 0 Å². The molecule has 2 aromatic carbocycles. The Labute approximate surface area is 215 Å². The lowest BCUT2D eigenvalue weighted by Gasteiger charge is -2.25. The normalized spacial score (nSPS) is 13.1. The van der Waals surface area contributed by atoms with E-state index in [1.54, 1.807) is 6.20 Å². The first-order valence-corrected chi connectivity index (χ1v) is 12.0. The minimum atomic E-state index is -1.00. The summed E-state index contributed by atoms with van der Waals surface area (Å²) in [4.78, 5) is 57.9. The zero-order valence-corrected chi connectivity index (χ0v) is 20.6. The van der Waals surface area contributed by atoms with Gasteiger partial charge in [0, 0.05) is 38.1 Å². The Bertz CT molecular complexity index is 1170. The topological polar surface area (TPSA) is 159 Å². The van der Waals surface area contributed by atoms with E-state index in [9.17, 15) is 19.2 Å². The van der Waals surface area contributed by atoms with Gasteiger partial charge in [0.25, 0.3) is 0 Å². The van der Waals surface area contributed by atoms with Crippen LogP contribution >= 0.6 is 0 Å². The first-order valence-electron chi connectivity index (χ1n) is 12.0. The number of benzene rings is 2. The van der Waals surface area contributed by atoms with Crippen LogP contribution < -0.4 is 21.7 Å². The fourth-order valence-corrected chi connectivity index (χ4v) is 3.91. The van der Waals surface area contributed by atoms with Gasteiger partial charge in [0.05, 0.1) is 18.9 Å². The van der Waals surface area contributed by atoms with Crippen LogP contribution in [0.4, 0.5) is 0 Å². The monoisotopic (exact) mass is 504 g/mol. The number of nitrogens with one attached hydrogen (secondary N) is 4. The van der Waals surface area contributed by atoms with Crippen LogP contribution in [-0.4, -0.2) is 58.1 Å². The third kappa shape index (κ3) is 8.69. The van der Waals surface area contributed by atoms with Crippen molar-refractivity contribution in [2.45, 2.75) is 44.3 Å². The average Bonchev–Trinajstić information content (AvgIpc) is 3.41. The highest BCUT2D eigenvalue weighted by molar-refractivity contribution is 5.95. The van der Waals surface area contributed by atoms with E-state index in [-0.39, 0.29) is 37.5 Å². The molecule has 0 radical (unpaired) electrons. The van der Waals surface area contributed by atoms with Gasteiger partial charge < -0.3 is 26.7 Å². The van der Waals surface area contributed by atoms with E-state index in [0.717, 1.165) is 11.1 Å². The Balaban J connectivity index is 1.80. The first-order chi connectivity index (χ1) is 17.9. The number of aromatic nitrogens is 2. The maximum Gasteiger partial charge on any atom is 0.243 e. The second kappa shape index (κ2) is 13.7. The van der Waals surface area contributed by atoms with Gasteiger partial charge >= 0.3 is 0 Å². The van der Waals surface area contributed by atoms with E-state index in [4.69, 9.17) is 5.73 Å². The zero-order chi connectivity index (χ0) is 26.6. The molecule has 194 valence electrons. The molecule has 10 nitrogen and oxygen atoms in total. The van der Waals surface area contributed by atoms with E-state index >= 15 is 0 Å². The predicted octanol–water partition coefficient (Wildman–Crippen LogP) is 0.440. The Morgan fingerprint density at radius 3 is 1.76 bits per heavy atom. The van der Waals surface area contributed by atoms with Crippen LogP contribution in [-0.2, 0) is 38.4 Å². The quantitative estimate of drug-likeness (QED) is 0.227. The summed E-state index contributed by atoms with van der Waals surface area (Å²) < 4.78 is 0. The number of imidazole rings is 1. The minimum absolute atomic E-state index is 0.177. The van der Waals surface area contributed by atoms with Crippen LogP contribution in [0.2, 0.25) is 0 Å². The largest absolute Gasteiger partial charge is 0.348 e. The van der Waals surface area contributed by atoms with Crippen molar-refractivity contribution in [3.63, 3.8) is 0 Å². The van der Waals surface area contributed by atoms with Crippen LogP contribution in [0.5, 0.6) is 0 Å². The third-order valence-corrected chi connectivity index (χ3v) is 5.78. The third-order valence-electron chi connectivity index (χ3n) is 5.78. The van der Waals surface area contributed by atoms with Crippen LogP contribution in [0.3, 0.4) is 0 Å². The molecule has 0 saturated heterocycles. The van der Waals surface area contributed by atoms with Gasteiger partial charge in [0.1, 0.15) is 12.1 Å². The van der Waals surface area contributed by atoms with Crippen molar-refractivity contribution >= 4 is 23.5 Å². The molecule has 0 spiro atoms. The molecule has 0 saturated carbocycles. The highest BCUT2D eigenvalue weighted by Gasteiger charge is 2.29. The number of ketones is 1. The second-order valence-corrected chi connectivity index (χ2v) is 8.71. The number of hydrogen-bond donors (Lipinski definition) is 5. The van der Waals surface area contributed by atoms with Crippen LogP contribution in [0, 0.1) is 0 Å². The highest BCUT2D eigenvalue weighted by atomic mass is 16.2. The molecule has 6 N–H and O–H groups in total. The van der Waals surface area contributed by atoms with Crippen molar-refractivity contribution in [1.82, 2.24) is 25.9 Å². The van der Waals surface area contributed by atoms with Crippen LogP contribution in [0.1, 0.15) is 23.7 Å². The Hall–Kier alpha value is -4.31. The number of nitrogens with zero attached hydrogens (tertiary/aromatic N) is 1. The van der Waals surface area contributed by atoms with Gasteiger partial charge in [0.2, 0.25) is 17.7 Å². The summed E-state index contributed by atoms with van der Waals surface area (Å²) >= 11 is 0. The van der Waals surface area contributed by atoms with Gasteiger partial charge in [-0.2, -0.15) is 0 Å². The second-order valence-electron chi connectivity index (χ2n) is 8.71. The Morgan fingerprint density at radius 2 is 1.30 bits per heavy atom. The summed E-state index contributed by atoms with van der Waals surface area (Å²) in [5.74, 6) is -1.77. The Morgan fingerprint density at radius 1 is 0.784 bits per heavy atom. The minimum Gasteiger partial charge on any atom is -0.348 e. The number of amides is 3. The van der Waals surface area contributed by atoms with Crippen molar-refractivity contribution in [3.8, 4) is 0 Å². The molecule has 1 aromatic heterocycles. The van der Waals surface area contributed by atoms with Gasteiger partial charge in [-0.05, 0) is 11.1 Å². The van der Waals surface area contributed by atoms with E-state index in [2.05, 4.69) is 25.9 Å². The van der Waals surface area contributed by atoms with Crippen molar-refractivity contribution in [2.24, 2.45) is 5.73 Å². The maximum absolute atomic E-state index is 13.4. The molecule has 37 heavy (non-hydrogen) atoms. The number of Topliss-reactive ketones (excluding diaryl/α,β-unsaturated/α-hetero) is 1. The summed E-state index contributed by atoms with van der Waals surface area (Å²) in [7, 11) is 0. The lowest BCUT2D eigenvalue weighted by atomic mass is 10.0. The predicted molar refractivity (Wildman–Crippen MR) is 138 cm³/mol. The van der Waals surface area contributed by atoms with E-state index in [1.165, 1.54) is 13.3 Å². The maximum atomic E-state index is 13.4. The molecular weight excluding hydrogens is 472 g/mol. The van der Waals surface area contributed by atoms with Crippen molar-refractivity contribution in [2.75, 3.05) is 6.54 Å². The number of nitrogens with two attached hydrogens (primary N) is 1. The molecule has 3 aromatic rings. The average molecular weight is 505 g/mol. The molecule has 0 fully saturated rings. The fourth-order valence-electron chi connectivity index (χ4n) is 3.91. The van der Waals surface area contributed by atoms with Gasteiger partial charge in [-0.15, -0.1) is 0 Å². The van der Waals surface area contributed by atoms with Crippen molar-refractivity contribution in [3.05, 3.63) is 90.0 Å². The summed E-state index contributed by atoms with van der Waals surface area (Å²) in [6, 6.07) is 15.7. The van der Waals surface area contributed by atoms with E-state index in [1.807, 2.05) is 60.7 Å². The standard InChI is InChI=1S/C27H32N6O4/c1-18(34)31-23(12-19-8-4-2-5-9-19)26(36)33-24(13-20-10-6-3-7-11-20)27(37)32-22(25(35)15-28)14-21-16-29-17-30-21/h2-11,16-17,22-24H,12-15,28H2,1H3,(H,29,30)(H,31,34)(H,32,37)(H,33,36)/t22-,23-,24-/m0/s1. The highest BCUT2D eigenvalue weighted by Crippen LogP contribution is 2.08. The van der Waals surface area contributed by atoms with Crippen molar-refractivity contribution in [1.29, 1.82) is 0 Å². The van der Waals surface area contributed by atoms with Gasteiger partial charge in [-0.1, -0.05) is 60.7 Å². The molecule has 0 unspecified atom stereocenters. The summed E-state index contributed by atoms with van der Waals surface area (Å²) in [5, 5.41) is 8.20. The summed E-state index contributed by atoms with van der Waals surface area (Å²) in [6.45, 7) is 1.08. The molecule has 3 amide bonds. The molecule has 10 heteroatoms. The first kappa shape index (κ1) is 27.3. The van der Waals surface area contributed by atoms with Gasteiger partial charge in [-0.25, -0.2) is 4.98 Å². The molecule has 0 aliphatic rings. The fraction of sp³-hybridized carbons (Fsp3) is 0.296. The number of hydrogen-bond acceptors (Lipinski definition) is 6. The van der Waals surface area contributed by atoms with Gasteiger partial charge in [-0.3, -0.25) is 19.2 Å². The summed E-state index contributed by atoms with van der Waals surface area (Å²) in [6.07, 6.45) is 3.66. The van der Waals surface area contributed by atoms with E-state index in [0.29, 0.717) is 5.69 Å². The Kier molecular flexibility index (Phi) is 10.1. The van der Waals surface area contributed by atoms with E-state index < -0.39 is 29.9 Å². The molecule has 3 rings (SSSR count). The molecule has 0 aliphatic heterocycles. The zero-order valence-electron chi connectivity index (χ0n) is 20.6. The number of carbonyl (C=O) groups is 4. The molecule has 1 heterocycles. The smallest absolute Gasteiger partial charge is 0.243 e.